The first kappa shape index (κ1) is 21.4. The van der Waals surface area contributed by atoms with Crippen LogP contribution in [0.4, 0.5) is 11.4 Å². The number of benzene rings is 2. The topological polar surface area (TPSA) is 64.7 Å². The third-order valence-corrected chi connectivity index (χ3v) is 6.50. The maximum atomic E-state index is 12.6. The van der Waals surface area contributed by atoms with Gasteiger partial charge in [-0.2, -0.15) is 0 Å². The Kier molecular flexibility index (Phi) is 6.56. The van der Waals surface area contributed by atoms with Gasteiger partial charge in [0.2, 0.25) is 0 Å². The second-order valence-electron chi connectivity index (χ2n) is 8.65. The minimum Gasteiger partial charge on any atom is -0.374 e. The number of fused-ring (bicyclic) bond motifs is 1. The largest absolute Gasteiger partial charge is 0.374 e. The third kappa shape index (κ3) is 4.90. The van der Waals surface area contributed by atoms with Crippen molar-refractivity contribution in [3.63, 3.8) is 0 Å². The molecular weight excluding hydrogens is 388 g/mol. The molecule has 2 aromatic rings. The molecule has 6 nitrogen and oxygen atoms in total. The van der Waals surface area contributed by atoms with Crippen LogP contribution in [-0.2, 0) is 16.0 Å². The first-order valence-electron chi connectivity index (χ1n) is 11.3. The lowest BCUT2D eigenvalue weighted by Gasteiger charge is -2.35. The number of carbonyl (C=O) groups excluding carboxylic acids is 2. The average Bonchev–Trinajstić information content (AvgIpc) is 3.16. The molecule has 0 unspecified atom stereocenters. The van der Waals surface area contributed by atoms with E-state index in [1.165, 1.54) is 36.1 Å². The van der Waals surface area contributed by atoms with Crippen molar-refractivity contribution in [2.45, 2.75) is 38.6 Å². The number of rotatable bonds is 5. The first-order chi connectivity index (χ1) is 15.0. The van der Waals surface area contributed by atoms with E-state index in [9.17, 15) is 9.59 Å². The van der Waals surface area contributed by atoms with Crippen LogP contribution in [0, 0.1) is 6.92 Å². The van der Waals surface area contributed by atoms with E-state index < -0.39 is 11.8 Å². The second kappa shape index (κ2) is 9.52. The Morgan fingerprint density at radius 1 is 1.00 bits per heavy atom. The predicted octanol–water partition coefficient (Wildman–Crippen LogP) is 3.27. The van der Waals surface area contributed by atoms with Gasteiger partial charge in [0, 0.05) is 31.5 Å². The van der Waals surface area contributed by atoms with Gasteiger partial charge >= 0.3 is 11.8 Å². The van der Waals surface area contributed by atoms with Crippen molar-refractivity contribution < 1.29 is 9.59 Å². The predicted molar refractivity (Wildman–Crippen MR) is 124 cm³/mol. The zero-order chi connectivity index (χ0) is 21.8. The smallest absolute Gasteiger partial charge is 0.313 e. The number of likely N-dealkylation sites (N-methyl/N-ethyl adjacent to an activating group) is 1. The summed E-state index contributed by atoms with van der Waals surface area (Å²) in [5, 5.41) is 5.61. The zero-order valence-electron chi connectivity index (χ0n) is 18.5. The highest BCUT2D eigenvalue weighted by molar-refractivity contribution is 6.39. The Balaban J connectivity index is 1.46. The molecule has 31 heavy (non-hydrogen) atoms. The molecule has 0 aliphatic carbocycles. The van der Waals surface area contributed by atoms with E-state index in [1.807, 2.05) is 25.1 Å². The van der Waals surface area contributed by atoms with Gasteiger partial charge in [-0.3, -0.25) is 14.5 Å². The molecule has 1 atom stereocenters. The van der Waals surface area contributed by atoms with Gasteiger partial charge in [0.1, 0.15) is 0 Å². The molecule has 0 saturated carbocycles. The summed E-state index contributed by atoms with van der Waals surface area (Å²) in [5.41, 5.74) is 5.47. The van der Waals surface area contributed by atoms with Gasteiger partial charge in [-0.05, 0) is 68.1 Å². The van der Waals surface area contributed by atoms with E-state index in [4.69, 9.17) is 0 Å². The highest BCUT2D eigenvalue weighted by Gasteiger charge is 2.26. The number of amides is 2. The maximum Gasteiger partial charge on any atom is 0.313 e. The van der Waals surface area contributed by atoms with Crippen LogP contribution in [0.25, 0.3) is 0 Å². The summed E-state index contributed by atoms with van der Waals surface area (Å²) >= 11 is 0. The Hall–Kier alpha value is -2.86. The molecular formula is C25H32N4O2. The molecule has 4 rings (SSSR count). The van der Waals surface area contributed by atoms with Crippen molar-refractivity contribution in [1.82, 2.24) is 10.2 Å². The van der Waals surface area contributed by atoms with Crippen LogP contribution in [0.2, 0.25) is 0 Å². The Morgan fingerprint density at radius 2 is 1.77 bits per heavy atom. The van der Waals surface area contributed by atoms with E-state index in [1.54, 1.807) is 6.07 Å². The quantitative estimate of drug-likeness (QED) is 0.729. The summed E-state index contributed by atoms with van der Waals surface area (Å²) in [6.45, 7) is 5.42. The van der Waals surface area contributed by atoms with E-state index in [0.717, 1.165) is 31.6 Å². The second-order valence-corrected chi connectivity index (χ2v) is 8.65. The standard InChI is InChI=1S/C25H32N4O2/c1-18-8-4-5-9-21(18)27-25(31)24(30)26-17-23(29-13-6-3-7-14-29)19-10-11-22-20(16-19)12-15-28(22)2/h4-5,8-11,16,23H,3,6-7,12-15,17H2,1-2H3,(H,26,30)(H,27,31)/t23-/m0/s1. The zero-order valence-corrected chi connectivity index (χ0v) is 18.5. The Morgan fingerprint density at radius 3 is 2.55 bits per heavy atom. The van der Waals surface area contributed by atoms with Crippen molar-refractivity contribution in [3.8, 4) is 0 Å². The molecule has 0 spiro atoms. The van der Waals surface area contributed by atoms with E-state index in [0.29, 0.717) is 12.2 Å². The average molecular weight is 421 g/mol. The lowest BCUT2D eigenvalue weighted by atomic mass is 9.98. The van der Waals surface area contributed by atoms with E-state index in [-0.39, 0.29) is 6.04 Å². The van der Waals surface area contributed by atoms with Crippen molar-refractivity contribution in [2.75, 3.05) is 43.4 Å². The lowest BCUT2D eigenvalue weighted by molar-refractivity contribution is -0.136. The molecule has 2 heterocycles. The van der Waals surface area contributed by atoms with Gasteiger partial charge in [0.05, 0.1) is 6.04 Å². The first-order valence-corrected chi connectivity index (χ1v) is 11.3. The van der Waals surface area contributed by atoms with Crippen molar-refractivity contribution in [2.24, 2.45) is 0 Å². The van der Waals surface area contributed by atoms with E-state index in [2.05, 4.69) is 45.7 Å². The van der Waals surface area contributed by atoms with Crippen LogP contribution >= 0.6 is 0 Å². The molecule has 1 saturated heterocycles. The van der Waals surface area contributed by atoms with Crippen molar-refractivity contribution >= 4 is 23.2 Å². The number of para-hydroxylation sites is 1. The number of carbonyl (C=O) groups is 2. The number of anilines is 2. The summed E-state index contributed by atoms with van der Waals surface area (Å²) in [5.74, 6) is -1.21. The monoisotopic (exact) mass is 420 g/mol. The van der Waals surface area contributed by atoms with Gasteiger partial charge in [-0.25, -0.2) is 0 Å². The molecule has 0 bridgehead atoms. The number of nitrogens with zero attached hydrogens (tertiary/aromatic N) is 2. The normalized spacial score (nSPS) is 17.2. The van der Waals surface area contributed by atoms with Gasteiger partial charge < -0.3 is 15.5 Å². The van der Waals surface area contributed by atoms with Gasteiger partial charge in [0.15, 0.2) is 0 Å². The summed E-state index contributed by atoms with van der Waals surface area (Å²) in [4.78, 5) is 29.7. The van der Waals surface area contributed by atoms with Gasteiger partial charge in [-0.15, -0.1) is 0 Å². The fourth-order valence-electron chi connectivity index (χ4n) is 4.64. The lowest BCUT2D eigenvalue weighted by Crippen LogP contribution is -2.43. The summed E-state index contributed by atoms with van der Waals surface area (Å²) in [6.07, 6.45) is 4.65. The summed E-state index contributed by atoms with van der Waals surface area (Å²) in [7, 11) is 2.13. The molecule has 0 radical (unpaired) electrons. The molecule has 0 aromatic heterocycles. The van der Waals surface area contributed by atoms with Gasteiger partial charge in [-0.1, -0.05) is 36.8 Å². The summed E-state index contributed by atoms with van der Waals surface area (Å²) < 4.78 is 0. The number of nitrogens with one attached hydrogen (secondary N) is 2. The number of aryl methyl sites for hydroxylation is 1. The minimum absolute atomic E-state index is 0.0757. The third-order valence-electron chi connectivity index (χ3n) is 6.50. The molecule has 2 N–H and O–H groups in total. The molecule has 2 aliphatic rings. The van der Waals surface area contributed by atoms with Crippen LogP contribution in [0.5, 0.6) is 0 Å². The fraction of sp³-hybridized carbons (Fsp3) is 0.440. The number of piperidine rings is 1. The SMILES string of the molecule is Cc1ccccc1NC(=O)C(=O)NC[C@@H](c1ccc2c(c1)CCN2C)N1CCCCC1. The molecule has 1 fully saturated rings. The van der Waals surface area contributed by atoms with Crippen molar-refractivity contribution in [1.29, 1.82) is 0 Å². The number of likely N-dealkylation sites (tertiary alicyclic amines) is 1. The molecule has 164 valence electrons. The van der Waals surface area contributed by atoms with E-state index >= 15 is 0 Å². The highest BCUT2D eigenvalue weighted by atomic mass is 16.2. The minimum atomic E-state index is -0.623. The summed E-state index contributed by atoms with van der Waals surface area (Å²) in [6, 6.07) is 14.2. The molecule has 6 heteroatoms. The van der Waals surface area contributed by atoms with Gasteiger partial charge in [0.25, 0.3) is 0 Å². The molecule has 2 aromatic carbocycles. The number of hydrogen-bond donors (Lipinski definition) is 2. The van der Waals surface area contributed by atoms with Crippen LogP contribution in [0.1, 0.15) is 42.0 Å². The van der Waals surface area contributed by atoms with Crippen molar-refractivity contribution in [3.05, 3.63) is 59.2 Å². The maximum absolute atomic E-state index is 12.6. The van der Waals surface area contributed by atoms with Crippen LogP contribution in [0.15, 0.2) is 42.5 Å². The highest BCUT2D eigenvalue weighted by Crippen LogP contribution is 2.32. The fourth-order valence-corrected chi connectivity index (χ4v) is 4.64. The van der Waals surface area contributed by atoms with Crippen LogP contribution < -0.4 is 15.5 Å². The molecule has 2 aliphatic heterocycles. The Bertz CT molecular complexity index is 952. The molecule has 2 amide bonds. The van der Waals surface area contributed by atoms with Crippen LogP contribution in [-0.4, -0.2) is 49.9 Å². The van der Waals surface area contributed by atoms with Crippen LogP contribution in [0.3, 0.4) is 0 Å². The Labute approximate surface area is 184 Å². The number of hydrogen-bond acceptors (Lipinski definition) is 4.